The van der Waals surface area contributed by atoms with Crippen molar-refractivity contribution in [3.63, 3.8) is 0 Å². The maximum absolute atomic E-state index is 12.8. The van der Waals surface area contributed by atoms with Crippen LogP contribution in [0.3, 0.4) is 0 Å². The van der Waals surface area contributed by atoms with Crippen LogP contribution in [0.4, 0.5) is 5.82 Å². The van der Waals surface area contributed by atoms with Crippen molar-refractivity contribution in [2.24, 2.45) is 5.92 Å². The van der Waals surface area contributed by atoms with E-state index in [4.69, 9.17) is 4.52 Å². The molecule has 27 heavy (non-hydrogen) atoms. The molecule has 0 spiro atoms. The zero-order valence-corrected chi connectivity index (χ0v) is 15.5. The van der Waals surface area contributed by atoms with Crippen LogP contribution in [0.25, 0.3) is 11.3 Å². The van der Waals surface area contributed by atoms with Gasteiger partial charge in [-0.05, 0) is 19.3 Å². The average molecular weight is 364 g/mol. The Morgan fingerprint density at radius 3 is 2.78 bits per heavy atom. The standard InChI is InChI=1S/C21H24N4O2/c1-14-19(20(25-27-14)16-10-6-3-7-11-16)21(26)22-18-13-17(23-24-18)12-15-8-4-2-5-9-15/h3,6-7,10-11,13,15H,2,4-5,8-9,12H2,1H3,(H2,22,23,24,26). The second-order valence-corrected chi connectivity index (χ2v) is 7.27. The predicted molar refractivity (Wildman–Crippen MR) is 103 cm³/mol. The fraction of sp³-hybridized carbons (Fsp3) is 0.381. The lowest BCUT2D eigenvalue weighted by Gasteiger charge is -2.20. The summed E-state index contributed by atoms with van der Waals surface area (Å²) in [6.45, 7) is 1.74. The van der Waals surface area contributed by atoms with E-state index in [0.717, 1.165) is 17.7 Å². The fourth-order valence-electron chi connectivity index (χ4n) is 3.84. The first kappa shape index (κ1) is 17.5. The molecule has 0 atom stereocenters. The number of nitrogens with one attached hydrogen (secondary N) is 2. The Kier molecular flexibility index (Phi) is 5.05. The number of benzene rings is 1. The molecule has 2 aromatic heterocycles. The van der Waals surface area contributed by atoms with E-state index in [9.17, 15) is 4.79 Å². The van der Waals surface area contributed by atoms with E-state index < -0.39 is 0 Å². The van der Waals surface area contributed by atoms with Crippen LogP contribution in [-0.4, -0.2) is 21.3 Å². The first-order chi connectivity index (χ1) is 13.2. The number of hydrogen-bond donors (Lipinski definition) is 2. The third-order valence-corrected chi connectivity index (χ3v) is 5.24. The molecule has 0 saturated heterocycles. The summed E-state index contributed by atoms with van der Waals surface area (Å²) >= 11 is 0. The third-order valence-electron chi connectivity index (χ3n) is 5.24. The third kappa shape index (κ3) is 3.94. The maximum atomic E-state index is 12.8. The van der Waals surface area contributed by atoms with Crippen LogP contribution < -0.4 is 5.32 Å². The number of aromatic amines is 1. The summed E-state index contributed by atoms with van der Waals surface area (Å²) in [6.07, 6.45) is 7.53. The monoisotopic (exact) mass is 364 g/mol. The van der Waals surface area contributed by atoms with Crippen molar-refractivity contribution in [3.8, 4) is 11.3 Å². The number of aromatic nitrogens is 3. The Balaban J connectivity index is 1.48. The van der Waals surface area contributed by atoms with E-state index in [-0.39, 0.29) is 5.91 Å². The van der Waals surface area contributed by atoms with Gasteiger partial charge in [0.25, 0.3) is 5.91 Å². The molecule has 1 fully saturated rings. The van der Waals surface area contributed by atoms with Gasteiger partial charge in [0.05, 0.1) is 0 Å². The first-order valence-electron chi connectivity index (χ1n) is 9.58. The fourth-order valence-corrected chi connectivity index (χ4v) is 3.84. The van der Waals surface area contributed by atoms with Crippen LogP contribution in [0.5, 0.6) is 0 Å². The minimum atomic E-state index is -0.261. The number of carbonyl (C=O) groups is 1. The van der Waals surface area contributed by atoms with Crippen molar-refractivity contribution in [1.82, 2.24) is 15.4 Å². The SMILES string of the molecule is Cc1onc(-c2ccccc2)c1C(=O)Nc1cc(CC2CCCCC2)[nH]n1. The van der Waals surface area contributed by atoms with Crippen molar-refractivity contribution < 1.29 is 9.32 Å². The minimum absolute atomic E-state index is 0.261. The van der Waals surface area contributed by atoms with Gasteiger partial charge in [0.1, 0.15) is 17.0 Å². The highest BCUT2D eigenvalue weighted by molar-refractivity contribution is 6.08. The molecule has 0 unspecified atom stereocenters. The summed E-state index contributed by atoms with van der Waals surface area (Å²) in [7, 11) is 0. The molecule has 140 valence electrons. The second kappa shape index (κ2) is 7.78. The smallest absolute Gasteiger partial charge is 0.262 e. The molecular weight excluding hydrogens is 340 g/mol. The number of carbonyl (C=O) groups excluding carboxylic acids is 1. The lowest BCUT2D eigenvalue weighted by Crippen LogP contribution is -2.13. The molecule has 6 nitrogen and oxygen atoms in total. The number of aryl methyl sites for hydroxylation is 1. The molecule has 3 aromatic rings. The van der Waals surface area contributed by atoms with E-state index in [0.29, 0.717) is 28.8 Å². The number of anilines is 1. The normalized spacial score (nSPS) is 15.0. The first-order valence-corrected chi connectivity index (χ1v) is 9.58. The van der Waals surface area contributed by atoms with Gasteiger partial charge >= 0.3 is 0 Å². The van der Waals surface area contributed by atoms with Crippen LogP contribution >= 0.6 is 0 Å². The summed E-state index contributed by atoms with van der Waals surface area (Å²) in [5, 5.41) is 14.3. The van der Waals surface area contributed by atoms with Crippen molar-refractivity contribution in [2.75, 3.05) is 5.32 Å². The average Bonchev–Trinajstić information content (AvgIpc) is 3.29. The van der Waals surface area contributed by atoms with Gasteiger partial charge in [-0.1, -0.05) is 67.6 Å². The van der Waals surface area contributed by atoms with E-state index in [1.807, 2.05) is 36.4 Å². The number of H-pyrrole nitrogens is 1. The molecule has 0 bridgehead atoms. The highest BCUT2D eigenvalue weighted by atomic mass is 16.5. The van der Waals surface area contributed by atoms with E-state index >= 15 is 0 Å². The summed E-state index contributed by atoms with van der Waals surface area (Å²) in [6, 6.07) is 11.5. The topological polar surface area (TPSA) is 83.8 Å². The van der Waals surface area contributed by atoms with Gasteiger partial charge < -0.3 is 9.84 Å². The highest BCUT2D eigenvalue weighted by Gasteiger charge is 2.22. The minimum Gasteiger partial charge on any atom is -0.360 e. The molecule has 1 aliphatic carbocycles. The summed E-state index contributed by atoms with van der Waals surface area (Å²) < 4.78 is 5.28. The Morgan fingerprint density at radius 2 is 2.00 bits per heavy atom. The van der Waals surface area contributed by atoms with Crippen LogP contribution in [0.2, 0.25) is 0 Å². The van der Waals surface area contributed by atoms with Gasteiger partial charge in [-0.15, -0.1) is 0 Å². The molecule has 1 saturated carbocycles. The molecule has 0 radical (unpaired) electrons. The second-order valence-electron chi connectivity index (χ2n) is 7.27. The lowest BCUT2D eigenvalue weighted by atomic mass is 9.86. The predicted octanol–water partition coefficient (Wildman–Crippen LogP) is 4.75. The molecule has 4 rings (SSSR count). The number of hydrogen-bond acceptors (Lipinski definition) is 4. The molecule has 2 N–H and O–H groups in total. The lowest BCUT2D eigenvalue weighted by molar-refractivity contribution is 0.102. The van der Waals surface area contributed by atoms with E-state index in [1.54, 1.807) is 6.92 Å². The highest BCUT2D eigenvalue weighted by Crippen LogP contribution is 2.28. The van der Waals surface area contributed by atoms with Crippen LogP contribution in [0.1, 0.15) is 53.9 Å². The molecule has 1 aliphatic rings. The Labute approximate surface area is 158 Å². The Hall–Kier alpha value is -2.89. The van der Waals surface area contributed by atoms with Crippen molar-refractivity contribution in [2.45, 2.75) is 45.4 Å². The molecule has 2 heterocycles. The largest absolute Gasteiger partial charge is 0.360 e. The Morgan fingerprint density at radius 1 is 1.22 bits per heavy atom. The number of amides is 1. The Bertz CT molecular complexity index is 907. The molecule has 1 amide bonds. The van der Waals surface area contributed by atoms with Crippen LogP contribution in [0.15, 0.2) is 40.9 Å². The summed E-state index contributed by atoms with van der Waals surface area (Å²) in [4.78, 5) is 12.8. The van der Waals surface area contributed by atoms with Gasteiger partial charge in [0, 0.05) is 17.3 Å². The summed E-state index contributed by atoms with van der Waals surface area (Å²) in [5.41, 5.74) is 2.91. The van der Waals surface area contributed by atoms with Crippen LogP contribution in [-0.2, 0) is 6.42 Å². The molecule has 0 aliphatic heterocycles. The van der Waals surface area contributed by atoms with Gasteiger partial charge in [-0.25, -0.2) is 0 Å². The van der Waals surface area contributed by atoms with Gasteiger partial charge in [0.15, 0.2) is 5.82 Å². The van der Waals surface area contributed by atoms with Crippen molar-refractivity contribution in [3.05, 3.63) is 53.4 Å². The number of nitrogens with zero attached hydrogens (tertiary/aromatic N) is 2. The zero-order valence-electron chi connectivity index (χ0n) is 15.5. The number of rotatable bonds is 5. The molecular formula is C21H24N4O2. The zero-order chi connectivity index (χ0) is 18.6. The van der Waals surface area contributed by atoms with Crippen molar-refractivity contribution in [1.29, 1.82) is 0 Å². The molecule has 6 heteroatoms. The van der Waals surface area contributed by atoms with E-state index in [1.165, 1.54) is 32.1 Å². The van der Waals surface area contributed by atoms with Crippen LogP contribution in [0, 0.1) is 12.8 Å². The van der Waals surface area contributed by atoms with Crippen molar-refractivity contribution >= 4 is 11.7 Å². The summed E-state index contributed by atoms with van der Waals surface area (Å²) in [5.74, 6) is 1.48. The van der Waals surface area contributed by atoms with Gasteiger partial charge in [-0.2, -0.15) is 5.10 Å². The van der Waals surface area contributed by atoms with E-state index in [2.05, 4.69) is 20.7 Å². The quantitative estimate of drug-likeness (QED) is 0.684. The molecule has 1 aromatic carbocycles. The maximum Gasteiger partial charge on any atom is 0.262 e. The van der Waals surface area contributed by atoms with Gasteiger partial charge in [0.2, 0.25) is 0 Å². The van der Waals surface area contributed by atoms with Gasteiger partial charge in [-0.3, -0.25) is 9.89 Å².